The van der Waals surface area contributed by atoms with Crippen molar-refractivity contribution in [2.45, 2.75) is 30.0 Å². The van der Waals surface area contributed by atoms with Crippen molar-refractivity contribution in [1.82, 2.24) is 5.32 Å². The number of amides is 1. The van der Waals surface area contributed by atoms with E-state index in [4.69, 9.17) is 11.6 Å². The fourth-order valence-electron chi connectivity index (χ4n) is 1.99. The Hall–Kier alpha value is -1.45. The molecular weight excluding hydrogens is 302 g/mol. The van der Waals surface area contributed by atoms with Gasteiger partial charge in [0.2, 0.25) is 5.91 Å². The first-order valence-corrected chi connectivity index (χ1v) is 8.10. The van der Waals surface area contributed by atoms with Crippen LogP contribution in [0.3, 0.4) is 0 Å². The van der Waals surface area contributed by atoms with Crippen molar-refractivity contribution in [2.24, 2.45) is 0 Å². The second-order valence-electron chi connectivity index (χ2n) is 4.82. The largest absolute Gasteiger partial charge is 0.349 e. The fraction of sp³-hybridized carbons (Fsp3) is 0.235. The second kappa shape index (κ2) is 7.53. The van der Waals surface area contributed by atoms with Gasteiger partial charge in [0.25, 0.3) is 0 Å². The van der Waals surface area contributed by atoms with E-state index in [1.54, 1.807) is 11.8 Å². The van der Waals surface area contributed by atoms with Crippen molar-refractivity contribution < 1.29 is 4.79 Å². The Morgan fingerprint density at radius 3 is 2.33 bits per heavy atom. The summed E-state index contributed by atoms with van der Waals surface area (Å²) in [7, 11) is 0. The molecule has 2 aromatic carbocycles. The average Bonchev–Trinajstić information content (AvgIpc) is 2.48. The van der Waals surface area contributed by atoms with E-state index in [1.165, 1.54) is 0 Å². The summed E-state index contributed by atoms with van der Waals surface area (Å²) in [5, 5.41) is 3.53. The van der Waals surface area contributed by atoms with Gasteiger partial charge in [-0.05, 0) is 37.6 Å². The number of carbonyl (C=O) groups is 1. The second-order valence-corrected chi connectivity index (χ2v) is 6.65. The molecule has 0 aliphatic carbocycles. The number of hydrogen-bond donors (Lipinski definition) is 1. The van der Waals surface area contributed by atoms with Crippen molar-refractivity contribution in [2.75, 3.05) is 0 Å². The molecule has 0 saturated heterocycles. The van der Waals surface area contributed by atoms with Crippen LogP contribution in [0.5, 0.6) is 0 Å². The van der Waals surface area contributed by atoms with E-state index < -0.39 is 0 Å². The minimum Gasteiger partial charge on any atom is -0.349 e. The molecule has 1 N–H and O–H groups in total. The summed E-state index contributed by atoms with van der Waals surface area (Å²) in [6, 6.07) is 17.4. The summed E-state index contributed by atoms with van der Waals surface area (Å²) >= 11 is 7.70. The minimum absolute atomic E-state index is 0.0104. The maximum absolute atomic E-state index is 12.3. The lowest BCUT2D eigenvalue weighted by molar-refractivity contribution is -0.120. The number of carbonyl (C=O) groups excluding carboxylic acids is 1. The average molecular weight is 320 g/mol. The number of benzene rings is 2. The predicted octanol–water partition coefficient (Wildman–Crippen LogP) is 4.70. The first-order valence-electron chi connectivity index (χ1n) is 6.84. The number of nitrogens with one attached hydrogen (secondary N) is 1. The van der Waals surface area contributed by atoms with Crippen molar-refractivity contribution in [3.05, 3.63) is 65.2 Å². The maximum Gasteiger partial charge on any atom is 0.233 e. The monoisotopic (exact) mass is 319 g/mol. The van der Waals surface area contributed by atoms with Gasteiger partial charge in [0, 0.05) is 9.92 Å². The van der Waals surface area contributed by atoms with Gasteiger partial charge in [-0.2, -0.15) is 0 Å². The molecule has 0 fully saturated rings. The van der Waals surface area contributed by atoms with Crippen LogP contribution in [0.25, 0.3) is 0 Å². The molecule has 0 radical (unpaired) electrons. The molecule has 2 aromatic rings. The topological polar surface area (TPSA) is 29.1 Å². The highest BCUT2D eigenvalue weighted by Gasteiger charge is 2.18. The predicted molar refractivity (Wildman–Crippen MR) is 89.8 cm³/mol. The molecule has 0 aliphatic rings. The third-order valence-corrected chi connectivity index (χ3v) is 4.61. The first kappa shape index (κ1) is 15.9. The van der Waals surface area contributed by atoms with Crippen molar-refractivity contribution in [3.63, 3.8) is 0 Å². The summed E-state index contributed by atoms with van der Waals surface area (Å²) in [5.74, 6) is 0.0104. The van der Waals surface area contributed by atoms with Crippen molar-refractivity contribution >= 4 is 29.3 Å². The molecule has 21 heavy (non-hydrogen) atoms. The van der Waals surface area contributed by atoms with Crippen molar-refractivity contribution in [3.8, 4) is 0 Å². The molecule has 0 heterocycles. The Labute approximate surface area is 134 Å². The molecule has 110 valence electrons. The Morgan fingerprint density at radius 2 is 1.67 bits per heavy atom. The van der Waals surface area contributed by atoms with Crippen LogP contribution in [0.1, 0.15) is 25.5 Å². The molecule has 2 atom stereocenters. The highest BCUT2D eigenvalue weighted by Crippen LogP contribution is 2.25. The van der Waals surface area contributed by atoms with Gasteiger partial charge in [-0.15, -0.1) is 11.8 Å². The number of rotatable bonds is 5. The molecule has 2 nitrogen and oxygen atoms in total. The molecular formula is C17H18ClNOS. The molecule has 0 aromatic heterocycles. The van der Waals surface area contributed by atoms with E-state index in [9.17, 15) is 4.79 Å². The van der Waals surface area contributed by atoms with Crippen LogP contribution in [0.15, 0.2) is 59.5 Å². The Morgan fingerprint density at radius 1 is 1.05 bits per heavy atom. The first-order chi connectivity index (χ1) is 10.1. The van der Waals surface area contributed by atoms with Crippen LogP contribution in [0, 0.1) is 0 Å². The standard InChI is InChI=1S/C17H18ClNOS/c1-12(15-10-6-7-11-16(15)18)19-17(20)13(2)21-14-8-4-3-5-9-14/h3-13H,1-2H3,(H,19,20). The van der Waals surface area contributed by atoms with E-state index in [0.717, 1.165) is 10.5 Å². The Bertz CT molecular complexity index is 603. The molecule has 0 aliphatic heterocycles. The van der Waals surface area contributed by atoms with E-state index >= 15 is 0 Å². The summed E-state index contributed by atoms with van der Waals surface area (Å²) in [4.78, 5) is 13.4. The molecule has 1 amide bonds. The Balaban J connectivity index is 1.96. The lowest BCUT2D eigenvalue weighted by Gasteiger charge is -2.18. The van der Waals surface area contributed by atoms with Crippen LogP contribution < -0.4 is 5.32 Å². The van der Waals surface area contributed by atoms with Crippen LogP contribution in [-0.2, 0) is 4.79 Å². The third-order valence-electron chi connectivity index (χ3n) is 3.16. The van der Waals surface area contributed by atoms with E-state index in [2.05, 4.69) is 5.32 Å². The fourth-order valence-corrected chi connectivity index (χ4v) is 3.19. The van der Waals surface area contributed by atoms with Crippen LogP contribution in [0.4, 0.5) is 0 Å². The van der Waals surface area contributed by atoms with Gasteiger partial charge < -0.3 is 5.32 Å². The van der Waals surface area contributed by atoms with Gasteiger partial charge in [-0.3, -0.25) is 4.79 Å². The van der Waals surface area contributed by atoms with Crippen LogP contribution in [-0.4, -0.2) is 11.2 Å². The van der Waals surface area contributed by atoms with Crippen molar-refractivity contribution in [1.29, 1.82) is 0 Å². The van der Waals surface area contributed by atoms with E-state index in [0.29, 0.717) is 5.02 Å². The maximum atomic E-state index is 12.3. The highest BCUT2D eigenvalue weighted by atomic mass is 35.5. The van der Waals surface area contributed by atoms with Gasteiger partial charge >= 0.3 is 0 Å². The zero-order chi connectivity index (χ0) is 15.2. The molecule has 2 rings (SSSR count). The van der Waals surface area contributed by atoms with Gasteiger partial charge in [0.1, 0.15) is 0 Å². The number of hydrogen-bond acceptors (Lipinski definition) is 2. The molecule has 2 unspecified atom stereocenters. The van der Waals surface area contributed by atoms with Gasteiger partial charge in [0.05, 0.1) is 11.3 Å². The number of halogens is 1. The number of thioether (sulfide) groups is 1. The van der Waals surface area contributed by atoms with Crippen LogP contribution >= 0.6 is 23.4 Å². The summed E-state index contributed by atoms with van der Waals surface area (Å²) in [6.07, 6.45) is 0. The lowest BCUT2D eigenvalue weighted by atomic mass is 10.1. The van der Waals surface area contributed by atoms with Gasteiger partial charge in [0.15, 0.2) is 0 Å². The lowest BCUT2D eigenvalue weighted by Crippen LogP contribution is -2.33. The molecule has 4 heteroatoms. The van der Waals surface area contributed by atoms with Gasteiger partial charge in [-0.1, -0.05) is 48.0 Å². The summed E-state index contributed by atoms with van der Waals surface area (Å²) in [6.45, 7) is 3.85. The molecule has 0 bridgehead atoms. The highest BCUT2D eigenvalue weighted by molar-refractivity contribution is 8.00. The zero-order valence-electron chi connectivity index (χ0n) is 12.0. The minimum atomic E-state index is -0.155. The van der Waals surface area contributed by atoms with Gasteiger partial charge in [-0.25, -0.2) is 0 Å². The zero-order valence-corrected chi connectivity index (χ0v) is 13.6. The summed E-state index contributed by atoms with van der Waals surface area (Å²) < 4.78 is 0. The normalized spacial score (nSPS) is 13.5. The van der Waals surface area contributed by atoms with Crippen LogP contribution in [0.2, 0.25) is 5.02 Å². The SMILES string of the molecule is CC(Sc1ccccc1)C(=O)NC(C)c1ccccc1Cl. The van der Waals surface area contributed by atoms with E-state index in [1.807, 2.05) is 68.4 Å². The molecule has 0 saturated carbocycles. The smallest absolute Gasteiger partial charge is 0.233 e. The van der Waals surface area contributed by atoms with E-state index in [-0.39, 0.29) is 17.2 Å². The third kappa shape index (κ3) is 4.51. The Kier molecular flexibility index (Phi) is 5.71. The molecule has 0 spiro atoms. The summed E-state index contributed by atoms with van der Waals surface area (Å²) in [5.41, 5.74) is 0.935. The quantitative estimate of drug-likeness (QED) is 0.809.